The molecule has 0 unspecified atom stereocenters. The molecule has 156 valence electrons. The molecule has 0 aromatic carbocycles. The largest absolute Gasteiger partial charge is 0.396 e. The molecule has 3 heterocycles. The molecule has 0 spiro atoms. The third-order valence-electron chi connectivity index (χ3n) is 6.20. The van der Waals surface area contributed by atoms with Gasteiger partial charge >= 0.3 is 0 Å². The second-order valence-electron chi connectivity index (χ2n) is 9.24. The van der Waals surface area contributed by atoms with Crippen molar-refractivity contribution in [2.24, 2.45) is 11.3 Å². The van der Waals surface area contributed by atoms with Gasteiger partial charge in [-0.05, 0) is 56.9 Å². The summed E-state index contributed by atoms with van der Waals surface area (Å²) in [5, 5.41) is 12.4. The Labute approximate surface area is 169 Å². The highest BCUT2D eigenvalue weighted by Crippen LogP contribution is 2.25. The van der Waals surface area contributed by atoms with Gasteiger partial charge in [-0.1, -0.05) is 19.9 Å². The number of rotatable bonds is 7. The molecule has 1 atom stereocenters. The fourth-order valence-corrected chi connectivity index (χ4v) is 4.27. The minimum Gasteiger partial charge on any atom is -0.396 e. The topological polar surface area (TPSA) is 68.7 Å². The summed E-state index contributed by atoms with van der Waals surface area (Å²) >= 11 is 0. The lowest BCUT2D eigenvalue weighted by atomic mass is 9.91. The molecule has 2 aliphatic rings. The van der Waals surface area contributed by atoms with E-state index in [9.17, 15) is 9.90 Å². The fourth-order valence-electron chi connectivity index (χ4n) is 4.27. The molecule has 28 heavy (non-hydrogen) atoms. The molecule has 2 N–H and O–H groups in total. The van der Waals surface area contributed by atoms with Crippen molar-refractivity contribution in [3.63, 3.8) is 0 Å². The SMILES string of the molecule is CC(C)(CO)CNC(=O)[C@H]1CCCN(C2CCN(Cc3cccnc3)CC2)C1. The molecule has 1 aromatic rings. The molecule has 6 heteroatoms. The molecule has 3 rings (SSSR count). The van der Waals surface area contributed by atoms with Crippen molar-refractivity contribution in [3.05, 3.63) is 30.1 Å². The number of pyridine rings is 1. The maximum absolute atomic E-state index is 12.6. The number of aliphatic hydroxyl groups is 1. The zero-order chi connectivity index (χ0) is 20.0. The number of aliphatic hydroxyl groups excluding tert-OH is 1. The third kappa shape index (κ3) is 6.00. The van der Waals surface area contributed by atoms with E-state index in [0.717, 1.165) is 45.6 Å². The molecule has 0 bridgehead atoms. The quantitative estimate of drug-likeness (QED) is 0.747. The minimum atomic E-state index is -0.259. The number of nitrogens with zero attached hydrogens (tertiary/aromatic N) is 3. The lowest BCUT2D eigenvalue weighted by Crippen LogP contribution is -2.51. The first-order valence-electron chi connectivity index (χ1n) is 10.7. The fraction of sp³-hybridized carbons (Fsp3) is 0.727. The van der Waals surface area contributed by atoms with E-state index in [1.54, 1.807) is 0 Å². The number of carbonyl (C=O) groups is 1. The molecular formula is C22H36N4O2. The van der Waals surface area contributed by atoms with Gasteiger partial charge in [0.2, 0.25) is 5.91 Å². The van der Waals surface area contributed by atoms with Crippen LogP contribution in [-0.4, -0.2) is 71.2 Å². The van der Waals surface area contributed by atoms with Gasteiger partial charge < -0.3 is 10.4 Å². The van der Waals surface area contributed by atoms with Crippen molar-refractivity contribution >= 4 is 5.91 Å². The molecule has 0 radical (unpaired) electrons. The average molecular weight is 389 g/mol. The summed E-state index contributed by atoms with van der Waals surface area (Å²) in [6, 6.07) is 4.74. The first kappa shape index (κ1) is 21.2. The zero-order valence-corrected chi connectivity index (χ0v) is 17.4. The predicted octanol–water partition coefficient (Wildman–Crippen LogP) is 1.89. The number of amides is 1. The van der Waals surface area contributed by atoms with E-state index >= 15 is 0 Å². The van der Waals surface area contributed by atoms with E-state index in [-0.39, 0.29) is 23.8 Å². The predicted molar refractivity (Wildman–Crippen MR) is 111 cm³/mol. The third-order valence-corrected chi connectivity index (χ3v) is 6.20. The highest BCUT2D eigenvalue weighted by molar-refractivity contribution is 5.79. The Bertz CT molecular complexity index is 614. The van der Waals surface area contributed by atoms with Gasteiger partial charge in [0.05, 0.1) is 5.92 Å². The highest BCUT2D eigenvalue weighted by atomic mass is 16.3. The van der Waals surface area contributed by atoms with Gasteiger partial charge in [0.15, 0.2) is 0 Å². The summed E-state index contributed by atoms with van der Waals surface area (Å²) in [4.78, 5) is 21.9. The number of piperidine rings is 2. The summed E-state index contributed by atoms with van der Waals surface area (Å²) < 4.78 is 0. The molecule has 6 nitrogen and oxygen atoms in total. The molecule has 1 amide bonds. The van der Waals surface area contributed by atoms with Crippen molar-refractivity contribution in [1.82, 2.24) is 20.1 Å². The summed E-state index contributed by atoms with van der Waals surface area (Å²) in [7, 11) is 0. The molecular weight excluding hydrogens is 352 g/mol. The van der Waals surface area contributed by atoms with E-state index in [4.69, 9.17) is 0 Å². The van der Waals surface area contributed by atoms with Gasteiger partial charge in [0.1, 0.15) is 0 Å². The Hall–Kier alpha value is -1.50. The van der Waals surface area contributed by atoms with Crippen molar-refractivity contribution in [3.8, 4) is 0 Å². The van der Waals surface area contributed by atoms with E-state index < -0.39 is 0 Å². The standard InChI is InChI=1S/C22H36N4O2/c1-22(2,17-27)16-24-21(28)19-6-4-10-26(15-19)20-7-11-25(12-8-20)14-18-5-3-9-23-13-18/h3,5,9,13,19-20,27H,4,6-8,10-12,14-17H2,1-2H3,(H,24,28)/t19-/m0/s1. The van der Waals surface area contributed by atoms with Crippen LogP contribution in [0.3, 0.4) is 0 Å². The van der Waals surface area contributed by atoms with Crippen LogP contribution in [0.25, 0.3) is 0 Å². The lowest BCUT2D eigenvalue weighted by molar-refractivity contribution is -0.127. The van der Waals surface area contributed by atoms with Crippen LogP contribution < -0.4 is 5.32 Å². The summed E-state index contributed by atoms with van der Waals surface area (Å²) in [5.41, 5.74) is 1.02. The second kappa shape index (κ2) is 9.81. The Morgan fingerprint density at radius 2 is 2.07 bits per heavy atom. The van der Waals surface area contributed by atoms with E-state index in [1.807, 2.05) is 32.3 Å². The van der Waals surface area contributed by atoms with Gasteiger partial charge in [0, 0.05) is 50.1 Å². The Morgan fingerprint density at radius 1 is 1.29 bits per heavy atom. The molecule has 2 saturated heterocycles. The number of hydrogen-bond acceptors (Lipinski definition) is 5. The van der Waals surface area contributed by atoms with Gasteiger partial charge in [-0.25, -0.2) is 0 Å². The van der Waals surface area contributed by atoms with Crippen LogP contribution in [0.4, 0.5) is 0 Å². The van der Waals surface area contributed by atoms with Crippen LogP contribution in [0.15, 0.2) is 24.5 Å². The van der Waals surface area contributed by atoms with Crippen LogP contribution in [0.2, 0.25) is 0 Å². The molecule has 2 fully saturated rings. The number of aromatic nitrogens is 1. The smallest absolute Gasteiger partial charge is 0.224 e. The van der Waals surface area contributed by atoms with Crippen molar-refractivity contribution in [2.45, 2.75) is 52.1 Å². The summed E-state index contributed by atoms with van der Waals surface area (Å²) in [5.74, 6) is 0.233. The van der Waals surface area contributed by atoms with Gasteiger partial charge in [0.25, 0.3) is 0 Å². The number of nitrogens with one attached hydrogen (secondary N) is 1. The second-order valence-corrected chi connectivity index (χ2v) is 9.24. The van der Waals surface area contributed by atoms with Crippen LogP contribution in [-0.2, 0) is 11.3 Å². The maximum Gasteiger partial charge on any atom is 0.224 e. The zero-order valence-electron chi connectivity index (χ0n) is 17.4. The average Bonchev–Trinajstić information content (AvgIpc) is 2.73. The van der Waals surface area contributed by atoms with Crippen LogP contribution in [0, 0.1) is 11.3 Å². The molecule has 0 saturated carbocycles. The normalized spacial score (nSPS) is 22.9. The minimum absolute atomic E-state index is 0.0802. The number of carbonyl (C=O) groups excluding carboxylic acids is 1. The van der Waals surface area contributed by atoms with E-state index in [0.29, 0.717) is 12.6 Å². The molecule has 0 aliphatic carbocycles. The lowest BCUT2D eigenvalue weighted by Gasteiger charge is -2.42. The van der Waals surface area contributed by atoms with Crippen LogP contribution in [0.1, 0.15) is 45.1 Å². The van der Waals surface area contributed by atoms with Gasteiger partial charge in [-0.3, -0.25) is 19.6 Å². The Morgan fingerprint density at radius 3 is 2.75 bits per heavy atom. The molecule has 1 aromatic heterocycles. The van der Waals surface area contributed by atoms with Crippen molar-refractivity contribution in [1.29, 1.82) is 0 Å². The van der Waals surface area contributed by atoms with Crippen LogP contribution >= 0.6 is 0 Å². The number of hydrogen-bond donors (Lipinski definition) is 2. The first-order valence-corrected chi connectivity index (χ1v) is 10.7. The highest BCUT2D eigenvalue weighted by Gasteiger charge is 2.32. The Balaban J connectivity index is 1.44. The Kier molecular flexibility index (Phi) is 7.43. The summed E-state index contributed by atoms with van der Waals surface area (Å²) in [6.07, 6.45) is 8.19. The monoisotopic (exact) mass is 388 g/mol. The summed E-state index contributed by atoms with van der Waals surface area (Å²) in [6.45, 7) is 9.74. The van der Waals surface area contributed by atoms with Gasteiger partial charge in [-0.2, -0.15) is 0 Å². The first-order chi connectivity index (χ1) is 13.5. The van der Waals surface area contributed by atoms with Crippen LogP contribution in [0.5, 0.6) is 0 Å². The van der Waals surface area contributed by atoms with Crippen molar-refractivity contribution < 1.29 is 9.90 Å². The van der Waals surface area contributed by atoms with Gasteiger partial charge in [-0.15, -0.1) is 0 Å². The number of likely N-dealkylation sites (tertiary alicyclic amines) is 2. The van der Waals surface area contributed by atoms with E-state index in [1.165, 1.54) is 18.4 Å². The maximum atomic E-state index is 12.6. The van der Waals surface area contributed by atoms with Crippen molar-refractivity contribution in [2.75, 3.05) is 39.3 Å². The molecule has 2 aliphatic heterocycles. The van der Waals surface area contributed by atoms with E-state index in [2.05, 4.69) is 26.2 Å².